The van der Waals surface area contributed by atoms with Crippen LogP contribution in [0.25, 0.3) is 22.3 Å². The number of methoxy groups -OCH3 is 1. The fourth-order valence-corrected chi connectivity index (χ4v) is 3.83. The average Bonchev–Trinajstić information content (AvgIpc) is 2.78. The minimum atomic E-state index is -5.19. The van der Waals surface area contributed by atoms with Gasteiger partial charge in [0.25, 0.3) is 0 Å². The van der Waals surface area contributed by atoms with E-state index in [1.807, 2.05) is 0 Å². The Labute approximate surface area is 191 Å². The minimum absolute atomic E-state index is 0.161. The van der Waals surface area contributed by atoms with Crippen molar-refractivity contribution in [3.8, 4) is 22.3 Å². The summed E-state index contributed by atoms with van der Waals surface area (Å²) in [4.78, 5) is 0. The first-order chi connectivity index (χ1) is 16.2. The molecule has 0 spiro atoms. The lowest BCUT2D eigenvalue weighted by Crippen LogP contribution is -2.29. The maximum Gasteiger partial charge on any atom is 0.422 e. The molecule has 1 aliphatic heterocycles. The summed E-state index contributed by atoms with van der Waals surface area (Å²) in [5.74, 6) is -4.28. The second-order valence-corrected chi connectivity index (χ2v) is 7.95. The molecule has 0 N–H and O–H groups in total. The van der Waals surface area contributed by atoms with Crippen molar-refractivity contribution in [2.75, 3.05) is 26.9 Å². The smallest absolute Gasteiger partial charge is 0.384 e. The summed E-state index contributed by atoms with van der Waals surface area (Å²) in [5, 5.41) is 0. The van der Waals surface area contributed by atoms with Crippen molar-refractivity contribution >= 4 is 0 Å². The maximum atomic E-state index is 14.8. The zero-order chi connectivity index (χ0) is 24.5. The highest BCUT2D eigenvalue weighted by molar-refractivity contribution is 5.71. The minimum Gasteiger partial charge on any atom is -0.384 e. The predicted molar refractivity (Wildman–Crippen MR) is 112 cm³/mol. The van der Waals surface area contributed by atoms with Crippen molar-refractivity contribution in [2.45, 2.75) is 12.5 Å². The fraction of sp³-hybridized carbons (Fsp3) is 0.280. The second kappa shape index (κ2) is 9.77. The Balaban J connectivity index is 1.53. The zero-order valence-corrected chi connectivity index (χ0v) is 18.0. The van der Waals surface area contributed by atoms with Gasteiger partial charge in [0.1, 0.15) is 23.0 Å². The van der Waals surface area contributed by atoms with E-state index in [4.69, 9.17) is 14.2 Å². The van der Waals surface area contributed by atoms with Crippen molar-refractivity contribution in [3.63, 3.8) is 0 Å². The van der Waals surface area contributed by atoms with Gasteiger partial charge in [0, 0.05) is 24.2 Å². The first-order valence-corrected chi connectivity index (χ1v) is 10.4. The van der Waals surface area contributed by atoms with E-state index in [-0.39, 0.29) is 17.0 Å². The average molecular weight is 482 g/mol. The molecule has 1 fully saturated rings. The quantitative estimate of drug-likeness (QED) is 0.376. The molecule has 34 heavy (non-hydrogen) atoms. The fourth-order valence-electron chi connectivity index (χ4n) is 3.83. The lowest BCUT2D eigenvalue weighted by Gasteiger charge is -2.29. The molecule has 0 amide bonds. The van der Waals surface area contributed by atoms with Gasteiger partial charge in [0.15, 0.2) is 6.29 Å². The maximum absolute atomic E-state index is 14.8. The van der Waals surface area contributed by atoms with E-state index >= 15 is 0 Å². The van der Waals surface area contributed by atoms with Gasteiger partial charge in [-0.1, -0.05) is 36.4 Å². The standard InChI is InChI=1S/C25H20F6O3/c1-32-11-14-12-33-24(34-13-14)16-4-2-15(3-5-16)17-6-7-19(20(26)8-17)18-9-21(27)23(22(28)10-18)25(29,30)31/h2-10,14,24H,11-13H2,1H3. The van der Waals surface area contributed by atoms with Crippen molar-refractivity contribution in [3.05, 3.63) is 83.2 Å². The highest BCUT2D eigenvalue weighted by Crippen LogP contribution is 2.37. The van der Waals surface area contributed by atoms with Crippen LogP contribution in [0.1, 0.15) is 17.4 Å². The molecule has 0 bridgehead atoms. The molecule has 4 rings (SSSR count). The van der Waals surface area contributed by atoms with Crippen LogP contribution < -0.4 is 0 Å². The van der Waals surface area contributed by atoms with Gasteiger partial charge < -0.3 is 14.2 Å². The summed E-state index contributed by atoms with van der Waals surface area (Å²) in [6, 6.07) is 11.9. The number of benzene rings is 3. The van der Waals surface area contributed by atoms with Crippen LogP contribution in [0.5, 0.6) is 0 Å². The number of halogens is 6. The van der Waals surface area contributed by atoms with E-state index in [1.165, 1.54) is 12.1 Å². The molecule has 0 radical (unpaired) electrons. The summed E-state index contributed by atoms with van der Waals surface area (Å²) in [6.45, 7) is 1.54. The van der Waals surface area contributed by atoms with Crippen molar-refractivity contribution in [2.24, 2.45) is 5.92 Å². The van der Waals surface area contributed by atoms with Gasteiger partial charge in [-0.05, 0) is 34.9 Å². The van der Waals surface area contributed by atoms with E-state index < -0.39 is 35.5 Å². The largest absolute Gasteiger partial charge is 0.422 e. The van der Waals surface area contributed by atoms with Gasteiger partial charge >= 0.3 is 6.18 Å². The van der Waals surface area contributed by atoms with Crippen LogP contribution in [0, 0.1) is 23.4 Å². The molecule has 180 valence electrons. The van der Waals surface area contributed by atoms with Gasteiger partial charge in [-0.3, -0.25) is 0 Å². The third-order valence-corrected chi connectivity index (χ3v) is 5.49. The van der Waals surface area contributed by atoms with E-state index in [1.54, 1.807) is 31.4 Å². The van der Waals surface area contributed by atoms with Crippen LogP contribution in [-0.4, -0.2) is 26.9 Å². The topological polar surface area (TPSA) is 27.7 Å². The monoisotopic (exact) mass is 482 g/mol. The van der Waals surface area contributed by atoms with Gasteiger partial charge in [-0.25, -0.2) is 13.2 Å². The number of ether oxygens (including phenoxy) is 3. The van der Waals surface area contributed by atoms with Crippen LogP contribution in [0.3, 0.4) is 0 Å². The van der Waals surface area contributed by atoms with Crippen LogP contribution in [-0.2, 0) is 20.4 Å². The summed E-state index contributed by atoms with van der Waals surface area (Å²) in [7, 11) is 1.61. The third-order valence-electron chi connectivity index (χ3n) is 5.49. The number of hydrogen-bond acceptors (Lipinski definition) is 3. The van der Waals surface area contributed by atoms with Gasteiger partial charge in [-0.15, -0.1) is 0 Å². The van der Waals surface area contributed by atoms with E-state index in [0.29, 0.717) is 43.1 Å². The Bertz CT molecular complexity index is 1130. The SMILES string of the molecule is COCC1COC(c2ccc(-c3ccc(-c4cc(F)c(C(F)(F)F)c(F)c4)c(F)c3)cc2)OC1. The number of alkyl halides is 3. The summed E-state index contributed by atoms with van der Waals surface area (Å²) < 4.78 is 97.5. The third kappa shape index (κ3) is 5.11. The van der Waals surface area contributed by atoms with E-state index in [0.717, 1.165) is 11.6 Å². The molecule has 3 aromatic rings. The lowest BCUT2D eigenvalue weighted by molar-refractivity contribution is -0.211. The van der Waals surface area contributed by atoms with Crippen LogP contribution in [0.2, 0.25) is 0 Å². The van der Waals surface area contributed by atoms with Crippen molar-refractivity contribution < 1.29 is 40.6 Å². The Hall–Kier alpha value is -2.88. The van der Waals surface area contributed by atoms with E-state index in [2.05, 4.69) is 0 Å². The van der Waals surface area contributed by atoms with E-state index in [9.17, 15) is 26.3 Å². The first-order valence-electron chi connectivity index (χ1n) is 10.4. The summed E-state index contributed by atoms with van der Waals surface area (Å²) >= 11 is 0. The molecule has 1 heterocycles. The van der Waals surface area contributed by atoms with Crippen molar-refractivity contribution in [1.82, 2.24) is 0 Å². The van der Waals surface area contributed by atoms with Gasteiger partial charge in [-0.2, -0.15) is 13.2 Å². The Morgan fingerprint density at radius 2 is 1.35 bits per heavy atom. The Morgan fingerprint density at radius 1 is 0.794 bits per heavy atom. The molecule has 0 aromatic heterocycles. The molecule has 9 heteroatoms. The molecule has 0 saturated carbocycles. The molecular formula is C25H20F6O3. The van der Waals surface area contributed by atoms with Crippen LogP contribution in [0.15, 0.2) is 54.6 Å². The molecule has 3 nitrogen and oxygen atoms in total. The predicted octanol–water partition coefficient (Wildman–Crippen LogP) is 6.76. The van der Waals surface area contributed by atoms with Crippen molar-refractivity contribution in [1.29, 1.82) is 0 Å². The van der Waals surface area contributed by atoms with Gasteiger partial charge in [0.05, 0.1) is 19.8 Å². The second-order valence-electron chi connectivity index (χ2n) is 7.95. The molecule has 0 aliphatic carbocycles. The molecule has 1 saturated heterocycles. The highest BCUT2D eigenvalue weighted by Gasteiger charge is 2.38. The molecule has 3 aromatic carbocycles. The molecule has 0 atom stereocenters. The molecular weight excluding hydrogens is 462 g/mol. The molecule has 0 unspecified atom stereocenters. The first kappa shape index (κ1) is 24.3. The van der Waals surface area contributed by atoms with Gasteiger partial charge in [0.2, 0.25) is 0 Å². The van der Waals surface area contributed by atoms with Crippen LogP contribution >= 0.6 is 0 Å². The summed E-state index contributed by atoms with van der Waals surface area (Å²) in [6.07, 6.45) is -5.72. The normalized spacial score (nSPS) is 18.8. The Kier molecular flexibility index (Phi) is 6.97. The number of hydrogen-bond donors (Lipinski definition) is 0. The summed E-state index contributed by atoms with van der Waals surface area (Å²) in [5.41, 5.74) is -0.637. The lowest BCUT2D eigenvalue weighted by atomic mass is 9.97. The number of rotatable bonds is 5. The zero-order valence-electron chi connectivity index (χ0n) is 18.0. The van der Waals surface area contributed by atoms with Crippen LogP contribution in [0.4, 0.5) is 26.3 Å². The Morgan fingerprint density at radius 3 is 1.88 bits per heavy atom. The highest BCUT2D eigenvalue weighted by atomic mass is 19.4. The molecule has 1 aliphatic rings.